The van der Waals surface area contributed by atoms with E-state index in [0.717, 1.165) is 16.4 Å². The molecule has 5 nitrogen and oxygen atoms in total. The number of hydrogen-bond acceptors (Lipinski definition) is 5. The van der Waals surface area contributed by atoms with E-state index in [1.807, 2.05) is 13.8 Å². The Morgan fingerprint density at radius 2 is 2.04 bits per heavy atom. The molecule has 0 atom stereocenters. The van der Waals surface area contributed by atoms with Crippen LogP contribution in [0.5, 0.6) is 5.88 Å². The Hall–Kier alpha value is -1.52. The fraction of sp³-hybridized carbons (Fsp3) is 0.692. The number of aromatic nitrogens is 2. The zero-order valence-electron chi connectivity index (χ0n) is 13.2. The predicted molar refractivity (Wildman–Crippen MR) is 78.2 cm³/mol. The molecule has 0 radical (unpaired) electrons. The van der Waals surface area contributed by atoms with E-state index < -0.39 is 30.5 Å². The van der Waals surface area contributed by atoms with E-state index in [9.17, 15) is 22.0 Å². The summed E-state index contributed by atoms with van der Waals surface area (Å²) in [6.07, 6.45) is -7.01. The Bertz CT molecular complexity index is 628. The second-order valence-corrected chi connectivity index (χ2v) is 6.85. The van der Waals surface area contributed by atoms with Crippen LogP contribution in [0.3, 0.4) is 0 Å². The molecule has 0 N–H and O–H groups in total. The van der Waals surface area contributed by atoms with E-state index >= 15 is 0 Å². The van der Waals surface area contributed by atoms with Gasteiger partial charge >= 0.3 is 6.18 Å². The smallest absolute Gasteiger partial charge is 0.422 e. The third kappa shape index (κ3) is 4.74. The van der Waals surface area contributed by atoms with Crippen LogP contribution >= 0.6 is 11.8 Å². The fourth-order valence-corrected chi connectivity index (χ4v) is 3.17. The molecule has 0 bridgehead atoms. The van der Waals surface area contributed by atoms with Crippen molar-refractivity contribution in [1.29, 1.82) is 0 Å². The molecule has 1 aliphatic rings. The van der Waals surface area contributed by atoms with Crippen LogP contribution in [0.25, 0.3) is 0 Å². The van der Waals surface area contributed by atoms with Crippen LogP contribution in [0, 0.1) is 0 Å². The van der Waals surface area contributed by atoms with Crippen LogP contribution in [0.1, 0.15) is 38.0 Å². The molecule has 0 aliphatic carbocycles. The molecule has 1 aliphatic heterocycles. The minimum absolute atomic E-state index is 0.0427. The molecule has 24 heavy (non-hydrogen) atoms. The highest BCUT2D eigenvalue weighted by Gasteiger charge is 2.33. The van der Waals surface area contributed by atoms with Gasteiger partial charge in [-0.3, -0.25) is 0 Å². The first-order valence-corrected chi connectivity index (χ1v) is 7.88. The monoisotopic (exact) mass is 373 g/mol. The number of nitrogens with zero attached hydrogens (tertiary/aromatic N) is 3. The number of hydrogen-bond donors (Lipinski definition) is 0. The van der Waals surface area contributed by atoms with E-state index in [0.29, 0.717) is 11.5 Å². The van der Waals surface area contributed by atoms with Gasteiger partial charge in [0.1, 0.15) is 16.3 Å². The van der Waals surface area contributed by atoms with Gasteiger partial charge in [-0.1, -0.05) is 5.16 Å². The summed E-state index contributed by atoms with van der Waals surface area (Å²) in [6, 6.07) is 0. The molecule has 11 heteroatoms. The van der Waals surface area contributed by atoms with Gasteiger partial charge in [-0.2, -0.15) is 18.3 Å². The molecule has 0 fully saturated rings. The van der Waals surface area contributed by atoms with Crippen LogP contribution in [0.15, 0.2) is 5.16 Å². The van der Waals surface area contributed by atoms with Gasteiger partial charge in [0.15, 0.2) is 6.61 Å². The quantitative estimate of drug-likeness (QED) is 0.731. The minimum atomic E-state index is -4.58. The average Bonchev–Trinajstić information content (AvgIpc) is 2.93. The molecular formula is C13H16F5N3O2S. The lowest BCUT2D eigenvalue weighted by molar-refractivity contribution is -0.154. The first kappa shape index (κ1) is 18.8. The Balaban J connectivity index is 2.16. The summed E-state index contributed by atoms with van der Waals surface area (Å²) in [5.74, 6) is -0.368. The van der Waals surface area contributed by atoms with Gasteiger partial charge in [-0.05, 0) is 13.8 Å². The van der Waals surface area contributed by atoms with Crippen molar-refractivity contribution < 1.29 is 31.5 Å². The Kier molecular flexibility index (Phi) is 5.31. The molecule has 136 valence electrons. The predicted octanol–water partition coefficient (Wildman–Crippen LogP) is 4.04. The molecule has 0 unspecified atom stereocenters. The highest BCUT2D eigenvalue weighted by atomic mass is 32.2. The summed E-state index contributed by atoms with van der Waals surface area (Å²) in [5, 5.41) is 7.99. The van der Waals surface area contributed by atoms with E-state index in [1.54, 1.807) is 0 Å². The number of halogens is 5. The van der Waals surface area contributed by atoms with Crippen molar-refractivity contribution in [3.05, 3.63) is 11.3 Å². The highest BCUT2D eigenvalue weighted by molar-refractivity contribution is 8.13. The number of thioether (sulfide) groups is 1. The molecule has 0 amide bonds. The summed E-state index contributed by atoms with van der Waals surface area (Å²) in [6.45, 7) is 2.05. The highest BCUT2D eigenvalue weighted by Crippen LogP contribution is 2.36. The molecule has 2 heterocycles. The van der Waals surface area contributed by atoms with E-state index in [4.69, 9.17) is 4.84 Å². The molecular weight excluding hydrogens is 357 g/mol. The maximum atomic E-state index is 13.1. The molecule has 0 saturated heterocycles. The van der Waals surface area contributed by atoms with Crippen LogP contribution in [-0.2, 0) is 17.6 Å². The van der Waals surface area contributed by atoms with Gasteiger partial charge in [-0.15, -0.1) is 11.8 Å². The minimum Gasteiger partial charge on any atom is -0.468 e. The number of alkyl halides is 5. The zero-order chi connectivity index (χ0) is 18.1. The first-order valence-electron chi connectivity index (χ1n) is 6.90. The van der Waals surface area contributed by atoms with Crippen molar-refractivity contribution in [3.63, 3.8) is 0 Å². The van der Waals surface area contributed by atoms with Crippen LogP contribution in [-0.4, -0.2) is 33.2 Å². The Labute approximate surface area is 139 Å². The van der Waals surface area contributed by atoms with Crippen molar-refractivity contribution in [3.8, 4) is 5.88 Å². The van der Waals surface area contributed by atoms with E-state index in [1.165, 1.54) is 7.05 Å². The molecule has 2 rings (SSSR count). The SMILES string of the molecule is Cn1nc(C(F)F)c(CSC2=NOC(C)(C)C2)c1OCC(F)(F)F. The van der Waals surface area contributed by atoms with Crippen molar-refractivity contribution in [2.24, 2.45) is 12.2 Å². The zero-order valence-corrected chi connectivity index (χ0v) is 14.0. The van der Waals surface area contributed by atoms with Crippen molar-refractivity contribution in [1.82, 2.24) is 9.78 Å². The second kappa shape index (κ2) is 6.77. The van der Waals surface area contributed by atoms with Gasteiger partial charge in [-0.25, -0.2) is 13.5 Å². The molecule has 0 saturated carbocycles. The lowest BCUT2D eigenvalue weighted by Crippen LogP contribution is -2.20. The first-order chi connectivity index (χ1) is 11.0. The largest absolute Gasteiger partial charge is 0.468 e. The van der Waals surface area contributed by atoms with Crippen molar-refractivity contribution in [2.45, 2.75) is 44.2 Å². The maximum Gasteiger partial charge on any atom is 0.422 e. The molecule has 1 aromatic rings. The van der Waals surface area contributed by atoms with Crippen LogP contribution < -0.4 is 4.74 Å². The molecule has 1 aromatic heterocycles. The van der Waals surface area contributed by atoms with E-state index in [2.05, 4.69) is 15.0 Å². The lowest BCUT2D eigenvalue weighted by Gasteiger charge is -2.13. The normalized spacial score (nSPS) is 17.1. The van der Waals surface area contributed by atoms with Crippen molar-refractivity contribution in [2.75, 3.05) is 6.61 Å². The number of rotatable bonds is 5. The fourth-order valence-electron chi connectivity index (χ4n) is 2.05. The van der Waals surface area contributed by atoms with Crippen LogP contribution in [0.4, 0.5) is 22.0 Å². The topological polar surface area (TPSA) is 48.6 Å². The Morgan fingerprint density at radius 3 is 2.54 bits per heavy atom. The van der Waals surface area contributed by atoms with E-state index in [-0.39, 0.29) is 17.2 Å². The summed E-state index contributed by atoms with van der Waals surface area (Å²) >= 11 is 1.11. The number of ether oxygens (including phenoxy) is 1. The van der Waals surface area contributed by atoms with Crippen LogP contribution in [0.2, 0.25) is 0 Å². The average molecular weight is 373 g/mol. The third-order valence-corrected chi connectivity index (χ3v) is 4.04. The van der Waals surface area contributed by atoms with Gasteiger partial charge in [0.05, 0.1) is 5.56 Å². The second-order valence-electron chi connectivity index (χ2n) is 5.80. The van der Waals surface area contributed by atoms with Gasteiger partial charge in [0.2, 0.25) is 5.88 Å². The number of oxime groups is 1. The van der Waals surface area contributed by atoms with Crippen molar-refractivity contribution >= 4 is 16.8 Å². The maximum absolute atomic E-state index is 13.1. The standard InChI is InChI=1S/C13H16F5N3O2S/c1-12(2)4-8(20-23-12)24-5-7-9(10(14)15)19-21(3)11(7)22-6-13(16,17)18/h10H,4-6H2,1-3H3. The summed E-state index contributed by atoms with van der Waals surface area (Å²) in [7, 11) is 1.26. The lowest BCUT2D eigenvalue weighted by atomic mass is 10.1. The number of aryl methyl sites for hydroxylation is 1. The van der Waals surface area contributed by atoms with Gasteiger partial charge < -0.3 is 9.57 Å². The summed E-state index contributed by atoms with van der Waals surface area (Å²) < 4.78 is 68.8. The van der Waals surface area contributed by atoms with Gasteiger partial charge in [0.25, 0.3) is 6.43 Å². The molecule has 0 spiro atoms. The third-order valence-electron chi connectivity index (χ3n) is 3.05. The van der Waals surface area contributed by atoms with Gasteiger partial charge in [0, 0.05) is 19.2 Å². The molecule has 0 aromatic carbocycles. The Morgan fingerprint density at radius 1 is 1.38 bits per heavy atom. The summed E-state index contributed by atoms with van der Waals surface area (Å²) in [5.41, 5.74) is -1.16. The summed E-state index contributed by atoms with van der Waals surface area (Å²) in [4.78, 5) is 5.16.